The van der Waals surface area contributed by atoms with E-state index in [0.717, 1.165) is 0 Å². The van der Waals surface area contributed by atoms with Crippen molar-refractivity contribution in [3.05, 3.63) is 0 Å². The number of hydrogen-bond donors (Lipinski definition) is 0. The molecule has 0 saturated heterocycles. The van der Waals surface area contributed by atoms with Crippen LogP contribution in [-0.2, 0) is 0 Å². The largest absolute Gasteiger partial charge is 0.315 e. The lowest BCUT2D eigenvalue weighted by Gasteiger charge is -2.47. The van der Waals surface area contributed by atoms with E-state index in [0.29, 0.717) is 0 Å². The molecular formula is C36H108N27P9. The van der Waals surface area contributed by atoms with Gasteiger partial charge in [-0.25, -0.2) is 0 Å². The van der Waals surface area contributed by atoms with Gasteiger partial charge in [0.05, 0.1) is 0 Å². The van der Waals surface area contributed by atoms with Crippen LogP contribution in [0.25, 0.3) is 0 Å². The summed E-state index contributed by atoms with van der Waals surface area (Å²) in [4.78, 5) is 0. The van der Waals surface area contributed by atoms with Crippen LogP contribution in [0.5, 0.6) is 0 Å². The molecule has 432 valence electrons. The molecule has 1 aliphatic rings. The highest BCUT2D eigenvalue weighted by Gasteiger charge is 2.50. The first-order chi connectivity index (χ1) is 32.3. The Hall–Kier alpha value is 1.35. The first kappa shape index (κ1) is 71.4. The summed E-state index contributed by atoms with van der Waals surface area (Å²) < 4.78 is 97.1. The van der Waals surface area contributed by atoms with Crippen LogP contribution in [0.2, 0.25) is 0 Å². The summed E-state index contributed by atoms with van der Waals surface area (Å²) in [6.45, 7) is 0. The molecule has 1 heterocycles. The highest BCUT2D eigenvalue weighted by atomic mass is 31.3. The van der Waals surface area contributed by atoms with Gasteiger partial charge < -0.3 is 0 Å². The van der Waals surface area contributed by atoms with Gasteiger partial charge in [0.15, 0.2) is 45.0 Å². The average molecular weight is 1200 g/mol. The van der Waals surface area contributed by atoms with E-state index in [4.69, 9.17) is 40.6 Å². The van der Waals surface area contributed by atoms with E-state index >= 15 is 0 Å². The van der Waals surface area contributed by atoms with E-state index in [1.165, 1.54) is 0 Å². The second-order valence-electron chi connectivity index (χ2n) is 20.9. The van der Waals surface area contributed by atoms with E-state index in [2.05, 4.69) is 338 Å². The monoisotopic (exact) mass is 1200 g/mol. The molecule has 0 aromatic carbocycles. The van der Waals surface area contributed by atoms with Crippen LogP contribution in [0.1, 0.15) is 0 Å². The summed E-state index contributed by atoms with van der Waals surface area (Å²) in [5.74, 6) is 0. The molecule has 36 heteroatoms. The minimum atomic E-state index is -4.08. The van der Waals surface area contributed by atoms with Crippen LogP contribution < -0.4 is 0 Å². The summed E-state index contributed by atoms with van der Waals surface area (Å²) in [5, 5.41) is 0. The Labute approximate surface area is 444 Å². The van der Waals surface area contributed by atoms with Gasteiger partial charge in [-0.3, -0.25) is 84.1 Å². The molecule has 0 fully saturated rings. The van der Waals surface area contributed by atoms with Crippen molar-refractivity contribution in [3.8, 4) is 0 Å². The third kappa shape index (κ3) is 13.2. The zero-order valence-electron chi connectivity index (χ0n) is 52.1. The Bertz CT molecular complexity index is 1780. The average Bonchev–Trinajstić information content (AvgIpc) is 3.19. The fourth-order valence-electron chi connectivity index (χ4n) is 9.65. The lowest BCUT2D eigenvalue weighted by molar-refractivity contribution is 0.473. The van der Waals surface area contributed by atoms with E-state index < -0.39 is 67.6 Å². The molecule has 0 spiro atoms. The Balaban J connectivity index is 7.01. The quantitative estimate of drug-likeness (QED) is 0.0837. The Morgan fingerprint density at radius 3 is 0.292 bits per heavy atom. The van der Waals surface area contributed by atoms with Crippen molar-refractivity contribution in [3.63, 3.8) is 0 Å². The standard InChI is InChI=1S/C36H108N27P9/c1-46(2)67(47(3)4,48(5)6)40-64(41-68(49(7)8,50(9)10)51(11)12)37-65(42-69(52(13)14,53(15)16)54(17)18,43-70(55(19)20,56(21)22)57(23)24)39-66(38-64,44-71(58(25)26,59(27)28)60(29)30)45-72(61(31)32,62(33)34)63(35)36/h1-36H3. The van der Waals surface area contributed by atoms with Crippen LogP contribution in [0.15, 0.2) is 40.6 Å². The van der Waals surface area contributed by atoms with Crippen molar-refractivity contribution < 1.29 is 0 Å². The molecule has 0 atom stereocenters. The van der Waals surface area contributed by atoms with Gasteiger partial charge in [-0.2, -0.15) is 40.6 Å². The van der Waals surface area contributed by atoms with Gasteiger partial charge in [-0.05, 0) is 254 Å². The van der Waals surface area contributed by atoms with Gasteiger partial charge in [-0.1, -0.05) is 0 Å². The maximum atomic E-state index is 6.37. The zero-order chi connectivity index (χ0) is 57.3. The minimum absolute atomic E-state index is 2.09. The summed E-state index contributed by atoms with van der Waals surface area (Å²) >= 11 is 0. The number of rotatable bonds is 24. The molecule has 0 aromatic rings. The second-order valence-corrected chi connectivity index (χ2v) is 51.4. The van der Waals surface area contributed by atoms with E-state index in [1.54, 1.807) is 0 Å². The smallest absolute Gasteiger partial charge is 0.252 e. The van der Waals surface area contributed by atoms with Gasteiger partial charge in [0.2, 0.25) is 0 Å². The van der Waals surface area contributed by atoms with Gasteiger partial charge in [-0.15, -0.1) is 0 Å². The number of nitrogens with zero attached hydrogens (tertiary/aromatic N) is 27. The number of hydrogen-bond acceptors (Lipinski definition) is 9. The van der Waals surface area contributed by atoms with E-state index in [-0.39, 0.29) is 0 Å². The third-order valence-electron chi connectivity index (χ3n) is 11.8. The van der Waals surface area contributed by atoms with Gasteiger partial charge in [0, 0.05) is 0 Å². The second kappa shape index (κ2) is 26.3. The van der Waals surface area contributed by atoms with E-state index in [1.807, 2.05) is 0 Å². The summed E-state index contributed by atoms with van der Waals surface area (Å²) in [7, 11) is 45.1. The molecule has 1 aliphatic heterocycles. The normalized spacial score (nSPS) is 17.6. The van der Waals surface area contributed by atoms with Gasteiger partial charge >= 0.3 is 22.5 Å². The maximum absolute atomic E-state index is 6.37. The maximum Gasteiger partial charge on any atom is 0.315 e. The van der Waals surface area contributed by atoms with Crippen molar-refractivity contribution in [1.82, 2.24) is 84.1 Å². The summed E-state index contributed by atoms with van der Waals surface area (Å²) in [6.07, 6.45) is 0. The summed E-state index contributed by atoms with van der Waals surface area (Å²) in [6, 6.07) is 0. The lowest BCUT2D eigenvalue weighted by Crippen LogP contribution is -2.32. The van der Waals surface area contributed by atoms with Crippen molar-refractivity contribution in [2.24, 2.45) is 40.6 Å². The third-order valence-corrected chi connectivity index (χ3v) is 48.4. The fraction of sp³-hybridized carbons (Fsp3) is 1.00. The molecule has 0 radical (unpaired) electrons. The molecule has 0 N–H and O–H groups in total. The molecular weight excluding hydrogens is 1090 g/mol. The molecule has 0 aromatic heterocycles. The molecule has 0 saturated carbocycles. The predicted octanol–water partition coefficient (Wildman–Crippen LogP) is 9.62. The molecule has 72 heavy (non-hydrogen) atoms. The Morgan fingerprint density at radius 1 is 0.167 bits per heavy atom. The first-order valence-corrected chi connectivity index (χ1v) is 37.7. The van der Waals surface area contributed by atoms with Gasteiger partial charge in [0.25, 0.3) is 0 Å². The molecule has 0 unspecified atom stereocenters. The first-order valence-electron chi connectivity index (χ1n) is 23.3. The fourth-order valence-corrected chi connectivity index (χ4v) is 54.0. The lowest BCUT2D eigenvalue weighted by atomic mass is 11.2. The molecule has 1 rings (SSSR count). The molecule has 0 aliphatic carbocycles. The molecule has 0 amide bonds. The zero-order valence-corrected chi connectivity index (χ0v) is 60.1. The summed E-state index contributed by atoms with van der Waals surface area (Å²) in [5.41, 5.74) is 0. The van der Waals surface area contributed by atoms with E-state index in [9.17, 15) is 0 Å². The highest BCUT2D eigenvalue weighted by Crippen LogP contribution is 2.91. The van der Waals surface area contributed by atoms with Crippen molar-refractivity contribution in [2.45, 2.75) is 0 Å². The molecule has 27 nitrogen and oxygen atoms in total. The van der Waals surface area contributed by atoms with Crippen molar-refractivity contribution >= 4 is 67.6 Å². The van der Waals surface area contributed by atoms with Crippen LogP contribution >= 0.6 is 67.6 Å². The van der Waals surface area contributed by atoms with Crippen molar-refractivity contribution in [2.75, 3.05) is 254 Å². The van der Waals surface area contributed by atoms with Crippen LogP contribution in [0, 0.1) is 0 Å². The topological polar surface area (TPSA) is 170 Å². The SMILES string of the molecule is CN(C)P(=NP1(N=P(N(C)C)(N(C)C)N(C)C)=NP(N=P(N(C)C)(N(C)C)N(C)C)(N=P(N(C)C)(N(C)C)N(C)C)=NP(N=P(N(C)C)(N(C)C)N(C)C)(N=P(N(C)C)(N(C)C)N(C)C)=N1)(N(C)C)N(C)C. The Kier molecular flexibility index (Phi) is 26.1. The Morgan fingerprint density at radius 2 is 0.236 bits per heavy atom. The molecule has 0 bridgehead atoms. The van der Waals surface area contributed by atoms with Crippen molar-refractivity contribution in [1.29, 1.82) is 0 Å². The minimum Gasteiger partial charge on any atom is -0.252 e. The van der Waals surface area contributed by atoms with Gasteiger partial charge in [0.1, 0.15) is 0 Å². The predicted molar refractivity (Wildman–Crippen MR) is 330 cm³/mol. The highest BCUT2D eigenvalue weighted by molar-refractivity contribution is 7.92. The van der Waals surface area contributed by atoms with Crippen LogP contribution in [0.3, 0.4) is 0 Å². The van der Waals surface area contributed by atoms with Crippen LogP contribution in [-0.4, -0.2) is 338 Å². The van der Waals surface area contributed by atoms with Crippen LogP contribution in [0.4, 0.5) is 0 Å².